The number of nitrogens with zero attached hydrogens (tertiary/aromatic N) is 4. The monoisotopic (exact) mass is 874 g/mol. The van der Waals surface area contributed by atoms with E-state index in [-0.39, 0.29) is 0 Å². The fraction of sp³-hybridized carbons (Fsp3) is 0.0328. The fourth-order valence-electron chi connectivity index (χ4n) is 10.4. The van der Waals surface area contributed by atoms with Gasteiger partial charge in [-0.3, -0.25) is 4.57 Å². The van der Waals surface area contributed by atoms with Gasteiger partial charge < -0.3 is 13.3 Å². The van der Waals surface area contributed by atoms with Gasteiger partial charge in [0, 0.05) is 59.8 Å². The van der Waals surface area contributed by atoms with Crippen LogP contribution in [0.3, 0.4) is 0 Å². The minimum absolute atomic E-state index is 0.493. The standard InChI is InChI=1S/C59H32N4O3.C2H6/c1-2-12-35-30-48-46(28-34(35)11-1)45-17-9-16-40(36-23-26-51-47(29-36)55-39-13-4-3-10-33(39)22-27-52(55)64-51)56(45)63(48)59-61-57(37-20-24-43-41-14-5-7-18-49(41)65-53(43)31-37)60-58(62-59)38-21-25-44-42-15-6-8-19-50(42)66-54(44)32-38;1-2/h1-32H;1-2H3. The van der Waals surface area contributed by atoms with E-state index in [1.807, 2.05) is 62.4 Å². The van der Waals surface area contributed by atoms with E-state index >= 15 is 0 Å². The van der Waals surface area contributed by atoms with E-state index in [2.05, 4.69) is 150 Å². The Balaban J connectivity index is 0.00000216. The van der Waals surface area contributed by atoms with Crippen LogP contribution in [0.1, 0.15) is 13.8 Å². The molecule has 0 aliphatic heterocycles. The number of fused-ring (bicyclic) bond motifs is 15. The molecule has 0 aliphatic rings. The first kappa shape index (κ1) is 38.2. The van der Waals surface area contributed by atoms with Crippen LogP contribution in [-0.4, -0.2) is 19.5 Å². The van der Waals surface area contributed by atoms with E-state index in [1.54, 1.807) is 0 Å². The molecule has 7 heteroatoms. The molecule has 5 heterocycles. The molecule has 0 spiro atoms. The Labute approximate surface area is 388 Å². The van der Waals surface area contributed by atoms with Crippen molar-refractivity contribution in [1.82, 2.24) is 19.5 Å². The number of hydrogen-bond donors (Lipinski definition) is 0. The van der Waals surface area contributed by atoms with Crippen LogP contribution in [0, 0.1) is 0 Å². The Morgan fingerprint density at radius 1 is 0.338 bits per heavy atom. The van der Waals surface area contributed by atoms with Crippen molar-refractivity contribution >= 4 is 109 Å². The summed E-state index contributed by atoms with van der Waals surface area (Å²) >= 11 is 0. The lowest BCUT2D eigenvalue weighted by atomic mass is 9.98. The van der Waals surface area contributed by atoms with Gasteiger partial charge in [0.25, 0.3) is 0 Å². The van der Waals surface area contributed by atoms with E-state index in [0.717, 1.165) is 126 Å². The van der Waals surface area contributed by atoms with Crippen LogP contribution >= 0.6 is 0 Å². The van der Waals surface area contributed by atoms with Crippen molar-refractivity contribution in [1.29, 1.82) is 0 Å². The number of para-hydroxylation sites is 3. The number of aromatic nitrogens is 4. The molecule has 68 heavy (non-hydrogen) atoms. The minimum atomic E-state index is 0.493. The summed E-state index contributed by atoms with van der Waals surface area (Å²) in [5.41, 5.74) is 10.6. The van der Waals surface area contributed by atoms with E-state index < -0.39 is 0 Å². The van der Waals surface area contributed by atoms with Crippen LogP contribution in [0.5, 0.6) is 0 Å². The summed E-state index contributed by atoms with van der Waals surface area (Å²) in [6.45, 7) is 4.00. The molecule has 0 fully saturated rings. The van der Waals surface area contributed by atoms with Gasteiger partial charge in [0.1, 0.15) is 33.5 Å². The van der Waals surface area contributed by atoms with Crippen molar-refractivity contribution in [2.45, 2.75) is 13.8 Å². The summed E-state index contributed by atoms with van der Waals surface area (Å²) < 4.78 is 21.5. The van der Waals surface area contributed by atoms with Crippen molar-refractivity contribution in [2.75, 3.05) is 0 Å². The Morgan fingerprint density at radius 3 is 1.56 bits per heavy atom. The molecule has 320 valence electrons. The topological polar surface area (TPSA) is 83.0 Å². The molecule has 0 radical (unpaired) electrons. The van der Waals surface area contributed by atoms with Gasteiger partial charge in [0.05, 0.1) is 11.0 Å². The van der Waals surface area contributed by atoms with Crippen LogP contribution in [-0.2, 0) is 0 Å². The first-order valence-electron chi connectivity index (χ1n) is 23.1. The number of hydrogen-bond acceptors (Lipinski definition) is 6. The van der Waals surface area contributed by atoms with Crippen molar-refractivity contribution < 1.29 is 13.3 Å². The molecule has 0 saturated heterocycles. The maximum atomic E-state index is 6.48. The second-order valence-electron chi connectivity index (χ2n) is 17.1. The number of benzene rings is 10. The van der Waals surface area contributed by atoms with Crippen LogP contribution < -0.4 is 0 Å². The Hall–Kier alpha value is -9.07. The SMILES string of the molecule is CC.c1ccc2cc3c(cc2c1)c1cccc(-c2ccc4oc5ccc6ccccc6c5c4c2)c1n3-c1nc(-c2ccc3c(c2)oc2ccccc23)nc(-c2ccc3c(c2)oc2ccccc23)n1. The molecule has 0 aliphatic carbocycles. The van der Waals surface area contributed by atoms with E-state index in [0.29, 0.717) is 17.6 Å². The Bertz CT molecular complexity index is 4420. The highest BCUT2D eigenvalue weighted by Crippen LogP contribution is 2.43. The van der Waals surface area contributed by atoms with Crippen molar-refractivity contribution in [3.8, 4) is 39.9 Å². The highest BCUT2D eigenvalue weighted by atomic mass is 16.3. The van der Waals surface area contributed by atoms with Crippen molar-refractivity contribution in [3.05, 3.63) is 194 Å². The highest BCUT2D eigenvalue weighted by molar-refractivity contribution is 6.21. The lowest BCUT2D eigenvalue weighted by Crippen LogP contribution is -2.07. The predicted molar refractivity (Wildman–Crippen MR) is 279 cm³/mol. The Morgan fingerprint density at radius 2 is 0.868 bits per heavy atom. The first-order chi connectivity index (χ1) is 33.7. The molecule has 0 N–H and O–H groups in total. The van der Waals surface area contributed by atoms with Gasteiger partial charge in [-0.05, 0) is 93.8 Å². The summed E-state index contributed by atoms with van der Waals surface area (Å²) in [5.74, 6) is 1.54. The molecule has 10 aromatic carbocycles. The van der Waals surface area contributed by atoms with Crippen molar-refractivity contribution in [2.24, 2.45) is 0 Å². The molecule has 7 nitrogen and oxygen atoms in total. The van der Waals surface area contributed by atoms with Crippen LogP contribution in [0.4, 0.5) is 0 Å². The summed E-state index contributed by atoms with van der Waals surface area (Å²) in [6.07, 6.45) is 0. The van der Waals surface area contributed by atoms with E-state index in [9.17, 15) is 0 Å². The second-order valence-corrected chi connectivity index (χ2v) is 17.1. The smallest absolute Gasteiger partial charge is 0.238 e. The lowest BCUT2D eigenvalue weighted by molar-refractivity contribution is 0.668. The van der Waals surface area contributed by atoms with Crippen LogP contribution in [0.25, 0.3) is 149 Å². The van der Waals surface area contributed by atoms with Crippen LogP contribution in [0.15, 0.2) is 207 Å². The number of furan rings is 3. The van der Waals surface area contributed by atoms with Crippen molar-refractivity contribution in [3.63, 3.8) is 0 Å². The summed E-state index contributed by atoms with van der Waals surface area (Å²) in [5, 5.41) is 13.2. The average Bonchev–Trinajstić information content (AvgIpc) is 4.16. The molecular weight excluding hydrogens is 837 g/mol. The zero-order valence-corrected chi connectivity index (χ0v) is 37.0. The Kier molecular flexibility index (Phi) is 8.28. The van der Waals surface area contributed by atoms with Gasteiger partial charge in [0.15, 0.2) is 11.6 Å². The quantitative estimate of drug-likeness (QED) is 0.175. The molecule has 5 aromatic heterocycles. The maximum absolute atomic E-state index is 6.48. The molecule has 0 amide bonds. The molecule has 0 bridgehead atoms. The summed E-state index contributed by atoms with van der Waals surface area (Å²) in [6, 6.07) is 67.6. The largest absolute Gasteiger partial charge is 0.456 e. The minimum Gasteiger partial charge on any atom is -0.456 e. The van der Waals surface area contributed by atoms with Gasteiger partial charge >= 0.3 is 0 Å². The molecule has 15 rings (SSSR count). The zero-order valence-electron chi connectivity index (χ0n) is 37.0. The lowest BCUT2D eigenvalue weighted by Gasteiger charge is -2.13. The predicted octanol–water partition coefficient (Wildman–Crippen LogP) is 17.0. The average molecular weight is 875 g/mol. The second kappa shape index (κ2) is 14.7. The zero-order chi connectivity index (χ0) is 45.0. The summed E-state index contributed by atoms with van der Waals surface area (Å²) in [7, 11) is 0. The van der Waals surface area contributed by atoms with Gasteiger partial charge in [-0.1, -0.05) is 141 Å². The third-order valence-electron chi connectivity index (χ3n) is 13.4. The molecule has 0 saturated carbocycles. The molecule has 0 unspecified atom stereocenters. The fourth-order valence-corrected chi connectivity index (χ4v) is 10.4. The molecular formula is C61H38N4O3. The van der Waals surface area contributed by atoms with Crippen LogP contribution in [0.2, 0.25) is 0 Å². The van der Waals surface area contributed by atoms with Gasteiger partial charge in [-0.15, -0.1) is 0 Å². The third-order valence-corrected chi connectivity index (χ3v) is 13.4. The van der Waals surface area contributed by atoms with Gasteiger partial charge in [-0.25, -0.2) is 4.98 Å². The first-order valence-corrected chi connectivity index (χ1v) is 23.1. The maximum Gasteiger partial charge on any atom is 0.238 e. The normalized spacial score (nSPS) is 12.0. The third kappa shape index (κ3) is 5.69. The highest BCUT2D eigenvalue weighted by Gasteiger charge is 2.23. The summed E-state index contributed by atoms with van der Waals surface area (Å²) in [4.78, 5) is 16.1. The molecule has 15 aromatic rings. The van der Waals surface area contributed by atoms with E-state index in [1.165, 1.54) is 5.39 Å². The molecule has 0 atom stereocenters. The van der Waals surface area contributed by atoms with Gasteiger partial charge in [0.2, 0.25) is 5.95 Å². The van der Waals surface area contributed by atoms with E-state index in [4.69, 9.17) is 28.2 Å². The van der Waals surface area contributed by atoms with Gasteiger partial charge in [-0.2, -0.15) is 9.97 Å². The number of rotatable bonds is 4.